The maximum Gasteiger partial charge on any atom is 0.161 e. The zero-order valence-electron chi connectivity index (χ0n) is 9.19. The van der Waals surface area contributed by atoms with Crippen LogP contribution in [-0.4, -0.2) is 19.3 Å². The molecule has 0 radical (unpaired) electrons. The molecule has 1 atom stereocenters. The van der Waals surface area contributed by atoms with Crippen LogP contribution in [0.5, 0.6) is 11.5 Å². The molecule has 0 fully saturated rings. The van der Waals surface area contributed by atoms with E-state index in [0.717, 1.165) is 11.5 Å². The second-order valence-corrected chi connectivity index (χ2v) is 3.22. The molecule has 0 aliphatic rings. The molecule has 0 aliphatic heterocycles. The molecule has 0 saturated carbocycles. The summed E-state index contributed by atoms with van der Waals surface area (Å²) in [5.74, 6) is 6.74. The second kappa shape index (κ2) is 6.27. The highest BCUT2D eigenvalue weighted by molar-refractivity contribution is 5.39. The van der Waals surface area contributed by atoms with Gasteiger partial charge in [0.15, 0.2) is 11.5 Å². The average molecular weight is 210 g/mol. The van der Waals surface area contributed by atoms with E-state index in [4.69, 9.17) is 15.3 Å². The Labute approximate surface area is 90.3 Å². The van der Waals surface area contributed by atoms with Crippen molar-refractivity contribution in [3.8, 4) is 11.5 Å². The first-order chi connectivity index (χ1) is 7.27. The van der Waals surface area contributed by atoms with E-state index in [9.17, 15) is 0 Å². The summed E-state index contributed by atoms with van der Waals surface area (Å²) in [5, 5.41) is 0. The van der Waals surface area contributed by atoms with Crippen molar-refractivity contribution >= 4 is 0 Å². The van der Waals surface area contributed by atoms with E-state index in [1.807, 2.05) is 38.1 Å². The summed E-state index contributed by atoms with van der Waals surface area (Å²) in [5.41, 5.74) is 2.57. The second-order valence-electron chi connectivity index (χ2n) is 3.22. The summed E-state index contributed by atoms with van der Waals surface area (Å²) in [6, 6.07) is 7.61. The molecule has 1 aromatic rings. The van der Waals surface area contributed by atoms with Gasteiger partial charge in [-0.3, -0.25) is 11.3 Å². The van der Waals surface area contributed by atoms with Gasteiger partial charge in [-0.05, 0) is 26.0 Å². The van der Waals surface area contributed by atoms with Gasteiger partial charge in [-0.25, -0.2) is 0 Å². The molecule has 15 heavy (non-hydrogen) atoms. The highest BCUT2D eigenvalue weighted by Gasteiger charge is 2.07. The number of ether oxygens (including phenoxy) is 2. The highest BCUT2D eigenvalue weighted by Crippen LogP contribution is 2.27. The fourth-order valence-corrected chi connectivity index (χ4v) is 1.25. The lowest BCUT2D eigenvalue weighted by molar-refractivity contribution is 0.204. The Balaban J connectivity index is 2.66. The van der Waals surface area contributed by atoms with Crippen molar-refractivity contribution in [3.63, 3.8) is 0 Å². The number of nitrogens with two attached hydrogens (primary N) is 1. The van der Waals surface area contributed by atoms with Crippen molar-refractivity contribution in [3.05, 3.63) is 24.3 Å². The van der Waals surface area contributed by atoms with Gasteiger partial charge in [-0.15, -0.1) is 0 Å². The summed E-state index contributed by atoms with van der Waals surface area (Å²) in [7, 11) is 0. The minimum Gasteiger partial charge on any atom is -0.490 e. The summed E-state index contributed by atoms with van der Waals surface area (Å²) in [6.07, 6.45) is 0.0107. The number of hydrogen-bond acceptors (Lipinski definition) is 4. The van der Waals surface area contributed by atoms with E-state index in [1.165, 1.54) is 0 Å². The molecule has 0 saturated heterocycles. The van der Waals surface area contributed by atoms with Crippen molar-refractivity contribution in [1.82, 2.24) is 5.43 Å². The standard InChI is InChI=1S/C11H18N2O2/c1-3-14-10-6-4-5-7-11(10)15-9(2)8-13-12/h4-7,9,13H,3,8,12H2,1-2H3. The smallest absolute Gasteiger partial charge is 0.161 e. The van der Waals surface area contributed by atoms with Gasteiger partial charge >= 0.3 is 0 Å². The van der Waals surface area contributed by atoms with E-state index in [2.05, 4.69) is 5.43 Å². The molecule has 4 heteroatoms. The van der Waals surface area contributed by atoms with Crippen molar-refractivity contribution < 1.29 is 9.47 Å². The Bertz CT molecular complexity index is 292. The summed E-state index contributed by atoms with van der Waals surface area (Å²) >= 11 is 0. The van der Waals surface area contributed by atoms with Crippen LogP contribution in [-0.2, 0) is 0 Å². The van der Waals surface area contributed by atoms with Crippen LogP contribution >= 0.6 is 0 Å². The lowest BCUT2D eigenvalue weighted by atomic mass is 10.3. The molecule has 4 nitrogen and oxygen atoms in total. The summed E-state index contributed by atoms with van der Waals surface area (Å²) < 4.78 is 11.1. The Morgan fingerprint density at radius 3 is 2.60 bits per heavy atom. The molecule has 0 heterocycles. The molecular weight excluding hydrogens is 192 g/mol. The normalized spacial score (nSPS) is 12.2. The Kier molecular flexibility index (Phi) is 4.93. The van der Waals surface area contributed by atoms with Crippen LogP contribution in [0.25, 0.3) is 0 Å². The van der Waals surface area contributed by atoms with Gasteiger partial charge in [-0.2, -0.15) is 0 Å². The molecular formula is C11H18N2O2. The van der Waals surface area contributed by atoms with Crippen LogP contribution in [0, 0.1) is 0 Å². The zero-order chi connectivity index (χ0) is 11.1. The Hall–Kier alpha value is -1.26. The highest BCUT2D eigenvalue weighted by atomic mass is 16.5. The number of benzene rings is 1. The minimum atomic E-state index is 0.0107. The van der Waals surface area contributed by atoms with Crippen molar-refractivity contribution in [2.45, 2.75) is 20.0 Å². The first-order valence-corrected chi connectivity index (χ1v) is 5.09. The SMILES string of the molecule is CCOc1ccccc1OC(C)CNN. The summed E-state index contributed by atoms with van der Waals surface area (Å²) in [4.78, 5) is 0. The lowest BCUT2D eigenvalue weighted by Gasteiger charge is -2.16. The van der Waals surface area contributed by atoms with Gasteiger partial charge in [0.25, 0.3) is 0 Å². The number of hydrazine groups is 1. The fraction of sp³-hybridized carbons (Fsp3) is 0.455. The third-order valence-corrected chi connectivity index (χ3v) is 1.88. The van der Waals surface area contributed by atoms with Crippen molar-refractivity contribution in [2.24, 2.45) is 5.84 Å². The first-order valence-electron chi connectivity index (χ1n) is 5.09. The van der Waals surface area contributed by atoms with Crippen molar-refractivity contribution in [1.29, 1.82) is 0 Å². The van der Waals surface area contributed by atoms with E-state index in [-0.39, 0.29) is 6.10 Å². The number of nitrogens with one attached hydrogen (secondary N) is 1. The lowest BCUT2D eigenvalue weighted by Crippen LogP contribution is -2.33. The molecule has 0 bridgehead atoms. The number of rotatable bonds is 6. The average Bonchev–Trinajstić information content (AvgIpc) is 2.21. The van der Waals surface area contributed by atoms with Crippen LogP contribution in [0.3, 0.4) is 0 Å². The van der Waals surface area contributed by atoms with Gasteiger partial charge in [0.1, 0.15) is 6.10 Å². The zero-order valence-corrected chi connectivity index (χ0v) is 9.19. The van der Waals surface area contributed by atoms with E-state index in [1.54, 1.807) is 0 Å². The molecule has 0 spiro atoms. The monoisotopic (exact) mass is 210 g/mol. The molecule has 3 N–H and O–H groups in total. The number of para-hydroxylation sites is 2. The topological polar surface area (TPSA) is 56.5 Å². The van der Waals surface area contributed by atoms with Crippen LogP contribution in [0.2, 0.25) is 0 Å². The summed E-state index contributed by atoms with van der Waals surface area (Å²) in [6.45, 7) is 5.12. The van der Waals surface area contributed by atoms with E-state index in [0.29, 0.717) is 13.2 Å². The van der Waals surface area contributed by atoms with Gasteiger partial charge in [-0.1, -0.05) is 12.1 Å². The van der Waals surface area contributed by atoms with Gasteiger partial charge in [0.05, 0.1) is 6.61 Å². The maximum atomic E-state index is 5.67. The third kappa shape index (κ3) is 3.77. The van der Waals surface area contributed by atoms with Crippen LogP contribution in [0.1, 0.15) is 13.8 Å². The van der Waals surface area contributed by atoms with Crippen LogP contribution in [0.15, 0.2) is 24.3 Å². The molecule has 0 amide bonds. The Morgan fingerprint density at radius 1 is 1.33 bits per heavy atom. The van der Waals surface area contributed by atoms with Gasteiger partial charge < -0.3 is 9.47 Å². The molecule has 1 rings (SSSR count). The number of hydrogen-bond donors (Lipinski definition) is 2. The Morgan fingerprint density at radius 2 is 2.00 bits per heavy atom. The quantitative estimate of drug-likeness (QED) is 0.549. The first kappa shape index (κ1) is 11.8. The van der Waals surface area contributed by atoms with E-state index < -0.39 is 0 Å². The minimum absolute atomic E-state index is 0.0107. The molecule has 1 aromatic carbocycles. The van der Waals surface area contributed by atoms with Gasteiger partial charge in [0, 0.05) is 6.54 Å². The van der Waals surface area contributed by atoms with Crippen molar-refractivity contribution in [2.75, 3.05) is 13.2 Å². The maximum absolute atomic E-state index is 5.67. The fourth-order valence-electron chi connectivity index (χ4n) is 1.25. The van der Waals surface area contributed by atoms with Crippen LogP contribution < -0.4 is 20.7 Å². The van der Waals surface area contributed by atoms with Crippen LogP contribution in [0.4, 0.5) is 0 Å². The molecule has 84 valence electrons. The largest absolute Gasteiger partial charge is 0.490 e. The predicted octanol–water partition coefficient (Wildman–Crippen LogP) is 1.32. The molecule has 0 aromatic heterocycles. The molecule has 1 unspecified atom stereocenters. The van der Waals surface area contributed by atoms with Gasteiger partial charge in [0.2, 0.25) is 0 Å². The third-order valence-electron chi connectivity index (χ3n) is 1.88. The van der Waals surface area contributed by atoms with E-state index >= 15 is 0 Å². The molecule has 0 aliphatic carbocycles. The predicted molar refractivity (Wildman–Crippen MR) is 59.9 cm³/mol.